The van der Waals surface area contributed by atoms with E-state index in [1.165, 1.54) is 19.1 Å². The van der Waals surface area contributed by atoms with Gasteiger partial charge in [0, 0.05) is 0 Å². The van der Waals surface area contributed by atoms with Crippen LogP contribution in [0.3, 0.4) is 0 Å². The highest BCUT2D eigenvalue weighted by Crippen LogP contribution is 2.32. The summed E-state index contributed by atoms with van der Waals surface area (Å²) in [5.41, 5.74) is -0.277. The van der Waals surface area contributed by atoms with Crippen LogP contribution in [-0.2, 0) is 0 Å². The standard InChI is InChI=1S/C8H6N2O3/c1-5-2-3-6(4-9)7(8(5)11)10(12)13/h2-3,11H,1H3. The Morgan fingerprint density at radius 2 is 2.23 bits per heavy atom. The average Bonchev–Trinajstić information content (AvgIpc) is 2.08. The topological polar surface area (TPSA) is 87.2 Å². The van der Waals surface area contributed by atoms with E-state index >= 15 is 0 Å². The maximum Gasteiger partial charge on any atom is 0.328 e. The molecule has 0 spiro atoms. The number of nitrogens with zero attached hydrogens (tertiary/aromatic N) is 2. The Morgan fingerprint density at radius 3 is 2.69 bits per heavy atom. The minimum Gasteiger partial charge on any atom is -0.502 e. The third-order valence-electron chi connectivity index (χ3n) is 1.66. The lowest BCUT2D eigenvalue weighted by molar-refractivity contribution is -0.386. The highest BCUT2D eigenvalue weighted by Gasteiger charge is 2.20. The number of nitriles is 1. The molecule has 5 heteroatoms. The fourth-order valence-electron chi connectivity index (χ4n) is 0.956. The van der Waals surface area contributed by atoms with Crippen molar-refractivity contribution in [2.24, 2.45) is 0 Å². The van der Waals surface area contributed by atoms with E-state index in [2.05, 4.69) is 0 Å². The van der Waals surface area contributed by atoms with Crippen molar-refractivity contribution in [1.29, 1.82) is 5.26 Å². The minimum atomic E-state index is -0.763. The molecule has 1 aromatic rings. The summed E-state index contributed by atoms with van der Waals surface area (Å²) >= 11 is 0. The Bertz CT molecular complexity index is 407. The van der Waals surface area contributed by atoms with Crippen LogP contribution in [0.1, 0.15) is 11.1 Å². The lowest BCUT2D eigenvalue weighted by atomic mass is 10.1. The Labute approximate surface area is 74.0 Å². The Hall–Kier alpha value is -2.09. The van der Waals surface area contributed by atoms with Gasteiger partial charge < -0.3 is 5.11 Å². The van der Waals surface area contributed by atoms with Gasteiger partial charge in [-0.05, 0) is 18.6 Å². The number of benzene rings is 1. The van der Waals surface area contributed by atoms with E-state index in [1.54, 1.807) is 6.07 Å². The minimum absolute atomic E-state index is 0.131. The van der Waals surface area contributed by atoms with E-state index in [0.717, 1.165) is 0 Å². The van der Waals surface area contributed by atoms with Crippen LogP contribution >= 0.6 is 0 Å². The zero-order chi connectivity index (χ0) is 10.0. The molecule has 0 atom stereocenters. The van der Waals surface area contributed by atoms with E-state index < -0.39 is 16.4 Å². The zero-order valence-electron chi connectivity index (χ0n) is 6.81. The van der Waals surface area contributed by atoms with Crippen LogP contribution in [0.25, 0.3) is 0 Å². The van der Waals surface area contributed by atoms with Crippen LogP contribution < -0.4 is 0 Å². The molecular formula is C8H6N2O3. The van der Waals surface area contributed by atoms with E-state index in [0.29, 0.717) is 5.56 Å². The van der Waals surface area contributed by atoms with Crippen molar-refractivity contribution in [3.63, 3.8) is 0 Å². The number of aromatic hydroxyl groups is 1. The average molecular weight is 178 g/mol. The molecule has 0 bridgehead atoms. The van der Waals surface area contributed by atoms with Gasteiger partial charge in [-0.2, -0.15) is 5.26 Å². The number of nitro benzene ring substituents is 1. The molecule has 5 nitrogen and oxygen atoms in total. The summed E-state index contributed by atoms with van der Waals surface area (Å²) in [6.07, 6.45) is 0. The third-order valence-corrected chi connectivity index (χ3v) is 1.66. The summed E-state index contributed by atoms with van der Waals surface area (Å²) in [6, 6.07) is 4.42. The molecule has 0 heterocycles. The molecule has 0 aliphatic rings. The molecular weight excluding hydrogens is 172 g/mol. The lowest BCUT2D eigenvalue weighted by Gasteiger charge is -2.00. The number of hydrogen-bond donors (Lipinski definition) is 1. The summed E-state index contributed by atoms with van der Waals surface area (Å²) in [4.78, 5) is 9.69. The number of nitro groups is 1. The van der Waals surface area contributed by atoms with Crippen molar-refractivity contribution in [2.75, 3.05) is 0 Å². The van der Waals surface area contributed by atoms with Gasteiger partial charge in [0.2, 0.25) is 0 Å². The maximum atomic E-state index is 10.4. The van der Waals surface area contributed by atoms with Gasteiger partial charge in [-0.25, -0.2) is 0 Å². The van der Waals surface area contributed by atoms with Crippen LogP contribution in [0.15, 0.2) is 12.1 Å². The summed E-state index contributed by atoms with van der Waals surface area (Å²) < 4.78 is 0. The molecule has 0 fully saturated rings. The van der Waals surface area contributed by atoms with Gasteiger partial charge in [0.05, 0.1) is 4.92 Å². The predicted octanol–water partition coefficient (Wildman–Crippen LogP) is 1.48. The molecule has 0 aliphatic heterocycles. The molecule has 13 heavy (non-hydrogen) atoms. The summed E-state index contributed by atoms with van der Waals surface area (Å²) in [6.45, 7) is 1.53. The maximum absolute atomic E-state index is 10.4. The van der Waals surface area contributed by atoms with Crippen molar-refractivity contribution in [2.45, 2.75) is 6.92 Å². The Kier molecular flexibility index (Phi) is 2.15. The van der Waals surface area contributed by atoms with Crippen LogP contribution in [-0.4, -0.2) is 10.0 Å². The molecule has 1 rings (SSSR count). The van der Waals surface area contributed by atoms with Crippen molar-refractivity contribution in [3.05, 3.63) is 33.4 Å². The molecule has 0 aliphatic carbocycles. The van der Waals surface area contributed by atoms with E-state index in [-0.39, 0.29) is 5.56 Å². The van der Waals surface area contributed by atoms with Crippen molar-refractivity contribution in [1.82, 2.24) is 0 Å². The van der Waals surface area contributed by atoms with Gasteiger partial charge in [-0.15, -0.1) is 0 Å². The van der Waals surface area contributed by atoms with Gasteiger partial charge in [0.15, 0.2) is 5.75 Å². The monoisotopic (exact) mass is 178 g/mol. The second-order valence-electron chi connectivity index (χ2n) is 2.50. The predicted molar refractivity (Wildman–Crippen MR) is 44.2 cm³/mol. The smallest absolute Gasteiger partial charge is 0.328 e. The number of rotatable bonds is 1. The Morgan fingerprint density at radius 1 is 1.62 bits per heavy atom. The molecule has 0 radical (unpaired) electrons. The number of aryl methyl sites for hydroxylation is 1. The van der Waals surface area contributed by atoms with Crippen molar-refractivity contribution < 1.29 is 10.0 Å². The first-order valence-electron chi connectivity index (χ1n) is 3.45. The van der Waals surface area contributed by atoms with Crippen LogP contribution in [0.4, 0.5) is 5.69 Å². The highest BCUT2D eigenvalue weighted by atomic mass is 16.6. The summed E-state index contributed by atoms with van der Waals surface area (Å²) in [5.74, 6) is -0.441. The van der Waals surface area contributed by atoms with E-state index in [4.69, 9.17) is 5.26 Å². The van der Waals surface area contributed by atoms with Crippen LogP contribution in [0.2, 0.25) is 0 Å². The first kappa shape index (κ1) is 9.00. The normalized spacial score (nSPS) is 9.23. The summed E-state index contributed by atoms with van der Waals surface area (Å²) in [7, 11) is 0. The first-order valence-corrected chi connectivity index (χ1v) is 3.45. The van der Waals surface area contributed by atoms with Gasteiger partial charge in [-0.3, -0.25) is 10.1 Å². The molecule has 0 saturated carbocycles. The second kappa shape index (κ2) is 3.11. The quantitative estimate of drug-likeness (QED) is 0.521. The highest BCUT2D eigenvalue weighted by molar-refractivity contribution is 5.60. The Balaban J connectivity index is 3.53. The van der Waals surface area contributed by atoms with E-state index in [1.807, 2.05) is 0 Å². The van der Waals surface area contributed by atoms with Crippen LogP contribution in [0, 0.1) is 28.4 Å². The third kappa shape index (κ3) is 1.42. The largest absolute Gasteiger partial charge is 0.502 e. The van der Waals surface area contributed by atoms with Crippen molar-refractivity contribution >= 4 is 5.69 Å². The number of phenols is 1. The lowest BCUT2D eigenvalue weighted by Crippen LogP contribution is -1.94. The SMILES string of the molecule is Cc1ccc(C#N)c([N+](=O)[O-])c1O. The summed E-state index contributed by atoms with van der Waals surface area (Å²) in [5, 5.41) is 28.3. The zero-order valence-corrected chi connectivity index (χ0v) is 6.81. The van der Waals surface area contributed by atoms with Crippen molar-refractivity contribution in [3.8, 4) is 11.8 Å². The fraction of sp³-hybridized carbons (Fsp3) is 0.125. The van der Waals surface area contributed by atoms with Crippen LogP contribution in [0.5, 0.6) is 5.75 Å². The molecule has 0 amide bonds. The van der Waals surface area contributed by atoms with Gasteiger partial charge >= 0.3 is 5.69 Å². The second-order valence-corrected chi connectivity index (χ2v) is 2.50. The van der Waals surface area contributed by atoms with Gasteiger partial charge in [-0.1, -0.05) is 6.07 Å². The molecule has 0 aromatic heterocycles. The van der Waals surface area contributed by atoms with Gasteiger partial charge in [0.25, 0.3) is 0 Å². The molecule has 1 N–H and O–H groups in total. The number of phenolic OH excluding ortho intramolecular Hbond substituents is 1. The molecule has 0 saturated heterocycles. The van der Waals surface area contributed by atoms with Gasteiger partial charge in [0.1, 0.15) is 11.6 Å². The number of hydrogen-bond acceptors (Lipinski definition) is 4. The molecule has 1 aromatic carbocycles. The first-order chi connectivity index (χ1) is 6.07. The van der Waals surface area contributed by atoms with E-state index in [9.17, 15) is 15.2 Å². The molecule has 0 unspecified atom stereocenters. The molecule has 66 valence electrons. The fourth-order valence-corrected chi connectivity index (χ4v) is 0.956.